The average molecular weight is 290 g/mol. The molecule has 1 aliphatic heterocycles. The van der Waals surface area contributed by atoms with Crippen LogP contribution in [0.5, 0.6) is 0 Å². The van der Waals surface area contributed by atoms with Crippen LogP contribution in [-0.4, -0.2) is 40.9 Å². The van der Waals surface area contributed by atoms with E-state index in [-0.39, 0.29) is 11.8 Å². The predicted molar refractivity (Wildman–Crippen MR) is 84.6 cm³/mol. The molecule has 1 aromatic rings. The van der Waals surface area contributed by atoms with E-state index in [4.69, 9.17) is 0 Å². The molecule has 0 saturated carbocycles. The molecule has 0 aromatic carbocycles. The van der Waals surface area contributed by atoms with Gasteiger partial charge in [-0.05, 0) is 18.8 Å². The van der Waals surface area contributed by atoms with Crippen LogP contribution in [0.25, 0.3) is 0 Å². The topological polar surface area (TPSA) is 58.1 Å². The molecular weight excluding hydrogens is 264 g/mol. The Morgan fingerprint density at radius 2 is 2.29 bits per heavy atom. The van der Waals surface area contributed by atoms with Crippen LogP contribution in [-0.2, 0) is 0 Å². The second-order valence-electron chi connectivity index (χ2n) is 6.09. The van der Waals surface area contributed by atoms with Gasteiger partial charge in [-0.2, -0.15) is 0 Å². The van der Waals surface area contributed by atoms with Crippen LogP contribution >= 0.6 is 0 Å². The number of amides is 1. The van der Waals surface area contributed by atoms with Crippen molar-refractivity contribution in [1.29, 1.82) is 0 Å². The van der Waals surface area contributed by atoms with Crippen LogP contribution < -0.4 is 5.32 Å². The van der Waals surface area contributed by atoms with Crippen LogP contribution in [0.1, 0.15) is 62.3 Å². The molecule has 1 atom stereocenters. The molecule has 5 nitrogen and oxygen atoms in total. The van der Waals surface area contributed by atoms with E-state index in [9.17, 15) is 4.79 Å². The monoisotopic (exact) mass is 290 g/mol. The zero-order chi connectivity index (χ0) is 15.4. The lowest BCUT2D eigenvalue weighted by atomic mass is 10.0. The highest BCUT2D eigenvalue weighted by molar-refractivity contribution is 5.97. The maximum atomic E-state index is 12.7. The Labute approximate surface area is 127 Å². The minimum Gasteiger partial charge on any atom is -0.385 e. The van der Waals surface area contributed by atoms with Crippen LogP contribution in [0, 0.1) is 5.92 Å². The lowest BCUT2D eigenvalue weighted by Crippen LogP contribution is -2.30. The van der Waals surface area contributed by atoms with E-state index < -0.39 is 0 Å². The zero-order valence-corrected chi connectivity index (χ0v) is 13.5. The Kier molecular flexibility index (Phi) is 5.15. The normalized spacial score (nSPS) is 18.3. The lowest BCUT2D eigenvalue weighted by Gasteiger charge is -2.18. The molecule has 2 heterocycles. The summed E-state index contributed by atoms with van der Waals surface area (Å²) in [7, 11) is 1.80. The second kappa shape index (κ2) is 6.87. The van der Waals surface area contributed by atoms with Gasteiger partial charge in [0.1, 0.15) is 5.82 Å². The van der Waals surface area contributed by atoms with Gasteiger partial charge in [-0.3, -0.25) is 4.79 Å². The first-order valence-electron chi connectivity index (χ1n) is 7.90. The van der Waals surface area contributed by atoms with E-state index in [1.807, 2.05) is 18.7 Å². The van der Waals surface area contributed by atoms with E-state index in [1.165, 1.54) is 12.8 Å². The fourth-order valence-corrected chi connectivity index (χ4v) is 2.83. The molecule has 0 spiro atoms. The summed E-state index contributed by atoms with van der Waals surface area (Å²) in [5.74, 6) is 1.61. The Morgan fingerprint density at radius 3 is 2.90 bits per heavy atom. The van der Waals surface area contributed by atoms with Gasteiger partial charge in [-0.1, -0.05) is 27.2 Å². The van der Waals surface area contributed by atoms with Gasteiger partial charge in [0, 0.05) is 26.1 Å². The number of nitrogens with one attached hydrogen (secondary N) is 1. The zero-order valence-electron chi connectivity index (χ0n) is 13.5. The largest absolute Gasteiger partial charge is 0.385 e. The molecule has 116 valence electrons. The number of rotatable bonds is 5. The van der Waals surface area contributed by atoms with Crippen molar-refractivity contribution in [1.82, 2.24) is 14.9 Å². The standard InChI is InChI=1S/C16H26N4O/c1-5-6-12-7-8-20(10-12)16(21)14-13(17-4)9-18-15(19-14)11(2)3/h9,11-12,17H,5-8,10H2,1-4H3. The van der Waals surface area contributed by atoms with Crippen LogP contribution in [0.2, 0.25) is 0 Å². The number of likely N-dealkylation sites (tertiary alicyclic amines) is 1. The summed E-state index contributed by atoms with van der Waals surface area (Å²) in [6.07, 6.45) is 5.20. The molecule has 5 heteroatoms. The molecule has 0 radical (unpaired) electrons. The van der Waals surface area contributed by atoms with Gasteiger partial charge < -0.3 is 10.2 Å². The first kappa shape index (κ1) is 15.7. The molecule has 1 unspecified atom stereocenters. The average Bonchev–Trinajstić information content (AvgIpc) is 2.94. The summed E-state index contributed by atoms with van der Waals surface area (Å²) in [5, 5.41) is 3.03. The van der Waals surface area contributed by atoms with Crippen molar-refractivity contribution < 1.29 is 4.79 Å². The van der Waals surface area contributed by atoms with E-state index in [1.54, 1.807) is 13.2 Å². The van der Waals surface area contributed by atoms with Crippen molar-refractivity contribution in [3.63, 3.8) is 0 Å². The summed E-state index contributed by atoms with van der Waals surface area (Å²) in [5.41, 5.74) is 1.22. The van der Waals surface area contributed by atoms with Crippen LogP contribution in [0.4, 0.5) is 5.69 Å². The van der Waals surface area contributed by atoms with E-state index in [0.717, 1.165) is 25.3 Å². The van der Waals surface area contributed by atoms with Crippen molar-refractivity contribution in [2.75, 3.05) is 25.5 Å². The van der Waals surface area contributed by atoms with E-state index >= 15 is 0 Å². The number of aromatic nitrogens is 2. The van der Waals surface area contributed by atoms with Crippen molar-refractivity contribution in [3.8, 4) is 0 Å². The summed E-state index contributed by atoms with van der Waals surface area (Å²) in [4.78, 5) is 23.5. The Hall–Kier alpha value is -1.65. The Morgan fingerprint density at radius 1 is 1.52 bits per heavy atom. The number of anilines is 1. The molecule has 1 aromatic heterocycles. The third kappa shape index (κ3) is 3.52. The van der Waals surface area contributed by atoms with Crippen molar-refractivity contribution in [2.45, 2.75) is 46.0 Å². The molecule has 1 amide bonds. The van der Waals surface area contributed by atoms with E-state index in [2.05, 4.69) is 22.2 Å². The first-order chi connectivity index (χ1) is 10.1. The van der Waals surface area contributed by atoms with Gasteiger partial charge in [-0.25, -0.2) is 9.97 Å². The minimum absolute atomic E-state index is 0.0299. The number of hydrogen-bond donors (Lipinski definition) is 1. The summed E-state index contributed by atoms with van der Waals surface area (Å²) < 4.78 is 0. The highest BCUT2D eigenvalue weighted by atomic mass is 16.2. The van der Waals surface area contributed by atoms with Gasteiger partial charge in [0.2, 0.25) is 0 Å². The fourth-order valence-electron chi connectivity index (χ4n) is 2.83. The maximum absolute atomic E-state index is 12.7. The molecule has 21 heavy (non-hydrogen) atoms. The number of nitrogens with zero attached hydrogens (tertiary/aromatic N) is 3. The molecule has 2 rings (SSSR count). The van der Waals surface area contributed by atoms with Gasteiger partial charge in [0.15, 0.2) is 5.69 Å². The first-order valence-corrected chi connectivity index (χ1v) is 7.90. The van der Waals surface area contributed by atoms with Crippen molar-refractivity contribution in [3.05, 3.63) is 17.7 Å². The molecule has 1 fully saturated rings. The molecule has 0 bridgehead atoms. The molecule has 1 N–H and O–H groups in total. The Balaban J connectivity index is 2.20. The van der Waals surface area contributed by atoms with Gasteiger partial charge in [0.25, 0.3) is 5.91 Å². The van der Waals surface area contributed by atoms with Gasteiger partial charge in [-0.15, -0.1) is 0 Å². The SMILES string of the molecule is CCCC1CCN(C(=O)c2nc(C(C)C)ncc2NC)C1. The second-order valence-corrected chi connectivity index (χ2v) is 6.09. The highest BCUT2D eigenvalue weighted by Gasteiger charge is 2.28. The third-order valence-corrected chi connectivity index (χ3v) is 4.07. The predicted octanol–water partition coefficient (Wildman–Crippen LogP) is 2.90. The summed E-state index contributed by atoms with van der Waals surface area (Å²) in [6.45, 7) is 7.97. The summed E-state index contributed by atoms with van der Waals surface area (Å²) >= 11 is 0. The molecule has 1 saturated heterocycles. The smallest absolute Gasteiger partial charge is 0.274 e. The van der Waals surface area contributed by atoms with Gasteiger partial charge >= 0.3 is 0 Å². The highest BCUT2D eigenvalue weighted by Crippen LogP contribution is 2.24. The maximum Gasteiger partial charge on any atom is 0.274 e. The third-order valence-electron chi connectivity index (χ3n) is 4.07. The quantitative estimate of drug-likeness (QED) is 0.906. The molecular formula is C16H26N4O. The molecule has 1 aliphatic rings. The Bertz CT molecular complexity index is 501. The number of carbonyl (C=O) groups excluding carboxylic acids is 1. The van der Waals surface area contributed by atoms with Gasteiger partial charge in [0.05, 0.1) is 11.9 Å². The number of hydrogen-bond acceptors (Lipinski definition) is 4. The lowest BCUT2D eigenvalue weighted by molar-refractivity contribution is 0.0781. The van der Waals surface area contributed by atoms with Crippen molar-refractivity contribution >= 4 is 11.6 Å². The fraction of sp³-hybridized carbons (Fsp3) is 0.688. The minimum atomic E-state index is 0.0299. The molecule has 0 aliphatic carbocycles. The van der Waals surface area contributed by atoms with Crippen molar-refractivity contribution in [2.24, 2.45) is 5.92 Å². The van der Waals surface area contributed by atoms with Crippen LogP contribution in [0.15, 0.2) is 6.20 Å². The van der Waals surface area contributed by atoms with E-state index in [0.29, 0.717) is 17.3 Å². The summed E-state index contributed by atoms with van der Waals surface area (Å²) in [6, 6.07) is 0. The van der Waals surface area contributed by atoms with Crippen LogP contribution in [0.3, 0.4) is 0 Å². The number of carbonyl (C=O) groups is 1.